The fraction of sp³-hybridized carbons (Fsp3) is 0.263. The number of hydrogen-bond acceptors (Lipinski definition) is 5. The van der Waals surface area contributed by atoms with Gasteiger partial charge in [-0.15, -0.1) is 10.2 Å². The second-order valence-electron chi connectivity index (χ2n) is 5.85. The van der Waals surface area contributed by atoms with Gasteiger partial charge in [-0.1, -0.05) is 25.1 Å². The predicted octanol–water partition coefficient (Wildman–Crippen LogP) is 3.48. The molecule has 140 valence electrons. The highest BCUT2D eigenvalue weighted by molar-refractivity contribution is 7.99. The molecular weight excluding hydrogens is 365 g/mol. The van der Waals surface area contributed by atoms with E-state index in [-0.39, 0.29) is 17.5 Å². The highest BCUT2D eigenvalue weighted by Crippen LogP contribution is 2.27. The fourth-order valence-electron chi connectivity index (χ4n) is 2.45. The molecule has 0 aliphatic carbocycles. The first kappa shape index (κ1) is 19.0. The second kappa shape index (κ2) is 9.27. The molecule has 0 spiro atoms. The van der Waals surface area contributed by atoms with Crippen molar-refractivity contribution in [1.82, 2.24) is 25.1 Å². The molecule has 2 aromatic heterocycles. The molecule has 2 heterocycles. The Morgan fingerprint density at radius 1 is 1.22 bits per heavy atom. The number of carbonyl (C=O) groups is 1. The van der Waals surface area contributed by atoms with Crippen LogP contribution in [0.1, 0.15) is 19.8 Å². The van der Waals surface area contributed by atoms with Gasteiger partial charge < -0.3 is 5.32 Å². The maximum absolute atomic E-state index is 13.3. The largest absolute Gasteiger partial charge is 0.355 e. The number of benzene rings is 1. The normalized spacial score (nSPS) is 10.7. The van der Waals surface area contributed by atoms with Crippen molar-refractivity contribution < 1.29 is 9.18 Å². The Bertz CT molecular complexity index is 883. The quantitative estimate of drug-likeness (QED) is 0.475. The average molecular weight is 385 g/mol. The van der Waals surface area contributed by atoms with Crippen LogP contribution in [0.5, 0.6) is 0 Å². The first-order valence-corrected chi connectivity index (χ1v) is 9.69. The Morgan fingerprint density at radius 3 is 2.74 bits per heavy atom. The van der Waals surface area contributed by atoms with Crippen LogP contribution in [-0.2, 0) is 4.79 Å². The van der Waals surface area contributed by atoms with Crippen molar-refractivity contribution >= 4 is 17.7 Å². The number of halogens is 1. The summed E-state index contributed by atoms with van der Waals surface area (Å²) in [4.78, 5) is 16.1. The minimum Gasteiger partial charge on any atom is -0.355 e. The zero-order valence-corrected chi connectivity index (χ0v) is 15.7. The summed E-state index contributed by atoms with van der Waals surface area (Å²) in [5.74, 6) is 0.448. The molecule has 0 saturated carbocycles. The number of carbonyl (C=O) groups excluding carboxylic acids is 1. The molecule has 0 saturated heterocycles. The lowest BCUT2D eigenvalue weighted by molar-refractivity contribution is -0.118. The van der Waals surface area contributed by atoms with E-state index >= 15 is 0 Å². The molecule has 6 nitrogen and oxygen atoms in total. The third-order valence-corrected chi connectivity index (χ3v) is 4.75. The molecule has 0 aliphatic rings. The van der Waals surface area contributed by atoms with Gasteiger partial charge >= 0.3 is 0 Å². The van der Waals surface area contributed by atoms with Gasteiger partial charge in [0.05, 0.1) is 5.75 Å². The highest BCUT2D eigenvalue weighted by Gasteiger charge is 2.17. The molecule has 1 amide bonds. The lowest BCUT2D eigenvalue weighted by Crippen LogP contribution is -2.26. The number of amides is 1. The average Bonchev–Trinajstić information content (AvgIpc) is 3.12. The first-order valence-electron chi connectivity index (χ1n) is 8.70. The van der Waals surface area contributed by atoms with E-state index in [0.717, 1.165) is 18.4 Å². The molecular formula is C19H20FN5OS. The van der Waals surface area contributed by atoms with Gasteiger partial charge in [0.25, 0.3) is 0 Å². The van der Waals surface area contributed by atoms with E-state index in [2.05, 4.69) is 27.4 Å². The summed E-state index contributed by atoms with van der Waals surface area (Å²) < 4.78 is 15.2. The molecule has 8 heteroatoms. The molecule has 0 atom stereocenters. The minimum absolute atomic E-state index is 0.0509. The van der Waals surface area contributed by atoms with Crippen LogP contribution in [0, 0.1) is 5.82 Å². The monoisotopic (exact) mass is 385 g/mol. The fourth-order valence-corrected chi connectivity index (χ4v) is 3.24. The van der Waals surface area contributed by atoms with E-state index in [9.17, 15) is 9.18 Å². The first-order chi connectivity index (χ1) is 13.2. The lowest BCUT2D eigenvalue weighted by atomic mass is 10.2. The smallest absolute Gasteiger partial charge is 0.230 e. The Hall–Kier alpha value is -2.74. The predicted molar refractivity (Wildman–Crippen MR) is 103 cm³/mol. The van der Waals surface area contributed by atoms with Crippen molar-refractivity contribution in [3.8, 4) is 17.1 Å². The third kappa shape index (κ3) is 4.91. The number of hydrogen-bond donors (Lipinski definition) is 1. The van der Waals surface area contributed by atoms with E-state index in [1.807, 2.05) is 12.1 Å². The summed E-state index contributed by atoms with van der Waals surface area (Å²) in [5.41, 5.74) is 1.50. The molecule has 3 aromatic rings. The van der Waals surface area contributed by atoms with Crippen LogP contribution in [0.2, 0.25) is 0 Å². The van der Waals surface area contributed by atoms with Crippen LogP contribution in [0.25, 0.3) is 17.1 Å². The van der Waals surface area contributed by atoms with Crippen LogP contribution >= 0.6 is 11.8 Å². The van der Waals surface area contributed by atoms with E-state index in [0.29, 0.717) is 23.2 Å². The second-order valence-corrected chi connectivity index (χ2v) is 6.79. The van der Waals surface area contributed by atoms with Crippen molar-refractivity contribution in [2.24, 2.45) is 0 Å². The number of unbranched alkanes of at least 4 members (excludes halogenated alkanes) is 1. The third-order valence-electron chi connectivity index (χ3n) is 3.82. The molecule has 1 aromatic carbocycles. The summed E-state index contributed by atoms with van der Waals surface area (Å²) in [6.45, 7) is 2.74. The summed E-state index contributed by atoms with van der Waals surface area (Å²) >= 11 is 1.29. The van der Waals surface area contributed by atoms with Gasteiger partial charge in [-0.2, -0.15) is 0 Å². The van der Waals surface area contributed by atoms with E-state index < -0.39 is 0 Å². The maximum atomic E-state index is 13.3. The number of nitrogens with one attached hydrogen (secondary N) is 1. The standard InChI is InChI=1S/C19H20FN5OS/c1-2-3-11-22-17(26)13-27-19-24-23-18(14-5-4-10-21-12-14)25(19)16-8-6-15(20)7-9-16/h4-10,12H,2-3,11,13H2,1H3,(H,22,26). The van der Waals surface area contributed by atoms with Crippen LogP contribution in [0.15, 0.2) is 53.9 Å². The van der Waals surface area contributed by atoms with Crippen molar-refractivity contribution in [2.45, 2.75) is 24.9 Å². The Balaban J connectivity index is 1.86. The SMILES string of the molecule is CCCCNC(=O)CSc1nnc(-c2cccnc2)n1-c1ccc(F)cc1. The molecule has 0 bridgehead atoms. The van der Waals surface area contributed by atoms with E-state index in [4.69, 9.17) is 0 Å². The number of nitrogens with zero attached hydrogens (tertiary/aromatic N) is 4. The van der Waals surface area contributed by atoms with Crippen LogP contribution in [0.4, 0.5) is 4.39 Å². The van der Waals surface area contributed by atoms with E-state index in [1.165, 1.54) is 23.9 Å². The van der Waals surface area contributed by atoms with Gasteiger partial charge in [0.2, 0.25) is 5.91 Å². The Kier molecular flexibility index (Phi) is 6.54. The number of rotatable bonds is 8. The lowest BCUT2D eigenvalue weighted by Gasteiger charge is -2.10. The van der Waals surface area contributed by atoms with Gasteiger partial charge in [-0.05, 0) is 42.8 Å². The molecule has 0 fully saturated rings. The zero-order valence-electron chi connectivity index (χ0n) is 14.9. The van der Waals surface area contributed by atoms with Crippen molar-refractivity contribution in [1.29, 1.82) is 0 Å². The van der Waals surface area contributed by atoms with Gasteiger partial charge in [-0.3, -0.25) is 14.3 Å². The summed E-state index contributed by atoms with van der Waals surface area (Å²) in [6.07, 6.45) is 5.35. The van der Waals surface area contributed by atoms with Gasteiger partial charge in [-0.25, -0.2) is 4.39 Å². The Morgan fingerprint density at radius 2 is 2.04 bits per heavy atom. The highest BCUT2D eigenvalue weighted by atomic mass is 32.2. The number of thioether (sulfide) groups is 1. The van der Waals surface area contributed by atoms with Crippen LogP contribution < -0.4 is 5.32 Å². The number of aromatic nitrogens is 4. The summed E-state index contributed by atoms with van der Waals surface area (Å²) in [6, 6.07) is 9.77. The number of pyridine rings is 1. The topological polar surface area (TPSA) is 72.7 Å². The van der Waals surface area contributed by atoms with E-state index in [1.54, 1.807) is 29.1 Å². The van der Waals surface area contributed by atoms with Crippen molar-refractivity contribution in [3.05, 3.63) is 54.6 Å². The van der Waals surface area contributed by atoms with Gasteiger partial charge in [0, 0.05) is 30.2 Å². The molecule has 27 heavy (non-hydrogen) atoms. The summed E-state index contributed by atoms with van der Waals surface area (Å²) in [7, 11) is 0. The van der Waals surface area contributed by atoms with Crippen molar-refractivity contribution in [2.75, 3.05) is 12.3 Å². The molecule has 0 radical (unpaired) electrons. The molecule has 3 rings (SSSR count). The molecule has 0 unspecified atom stereocenters. The van der Waals surface area contributed by atoms with Crippen molar-refractivity contribution in [3.63, 3.8) is 0 Å². The van der Waals surface area contributed by atoms with Crippen LogP contribution in [-0.4, -0.2) is 38.0 Å². The molecule has 0 aliphatic heterocycles. The Labute approximate surface area is 161 Å². The van der Waals surface area contributed by atoms with Gasteiger partial charge in [0.1, 0.15) is 5.82 Å². The van der Waals surface area contributed by atoms with Crippen LogP contribution in [0.3, 0.4) is 0 Å². The zero-order chi connectivity index (χ0) is 19.1. The molecule has 1 N–H and O–H groups in total. The minimum atomic E-state index is -0.320. The maximum Gasteiger partial charge on any atom is 0.230 e. The summed E-state index contributed by atoms with van der Waals surface area (Å²) in [5, 5.41) is 11.9. The van der Waals surface area contributed by atoms with Gasteiger partial charge in [0.15, 0.2) is 11.0 Å².